The number of hydrogen-bond acceptors (Lipinski definition) is 2. The first kappa shape index (κ1) is 12.0. The summed E-state index contributed by atoms with van der Waals surface area (Å²) < 4.78 is 5.07. The van der Waals surface area contributed by atoms with E-state index in [1.165, 1.54) is 0 Å². The zero-order valence-corrected chi connectivity index (χ0v) is 9.44. The first-order valence-electron chi connectivity index (χ1n) is 4.99. The van der Waals surface area contributed by atoms with E-state index in [1.807, 2.05) is 49.4 Å². The second-order valence-corrected chi connectivity index (χ2v) is 3.10. The summed E-state index contributed by atoms with van der Waals surface area (Å²) in [5, 5.41) is 2.66. The molecule has 1 aromatic rings. The molecule has 16 heavy (non-hydrogen) atoms. The Morgan fingerprint density at radius 1 is 1.31 bits per heavy atom. The summed E-state index contributed by atoms with van der Waals surface area (Å²) >= 11 is 0. The van der Waals surface area contributed by atoms with Gasteiger partial charge in [-0.25, -0.2) is 0 Å². The molecule has 1 rings (SSSR count). The van der Waals surface area contributed by atoms with E-state index in [4.69, 9.17) is 4.74 Å². The summed E-state index contributed by atoms with van der Waals surface area (Å²) in [5.74, 6) is 0.792. The number of carbonyl (C=O) groups excluding carboxylic acids is 1. The molecule has 0 radical (unpaired) electrons. The topological polar surface area (TPSA) is 38.3 Å². The van der Waals surface area contributed by atoms with Gasteiger partial charge in [0, 0.05) is 5.70 Å². The lowest BCUT2D eigenvalue weighted by Gasteiger charge is -2.06. The molecule has 0 aromatic heterocycles. The van der Waals surface area contributed by atoms with Crippen molar-refractivity contribution in [3.05, 3.63) is 48.1 Å². The minimum atomic E-state index is 0.666. The average Bonchev–Trinajstić information content (AvgIpc) is 2.35. The van der Waals surface area contributed by atoms with Crippen molar-refractivity contribution in [2.75, 3.05) is 7.11 Å². The highest BCUT2D eigenvalue weighted by Crippen LogP contribution is 2.16. The van der Waals surface area contributed by atoms with Gasteiger partial charge < -0.3 is 10.1 Å². The minimum absolute atomic E-state index is 0.666. The molecule has 0 heterocycles. The second-order valence-electron chi connectivity index (χ2n) is 3.10. The molecule has 0 saturated heterocycles. The smallest absolute Gasteiger partial charge is 0.211 e. The first-order chi connectivity index (χ1) is 7.81. The number of rotatable bonds is 5. The van der Waals surface area contributed by atoms with Crippen LogP contribution < -0.4 is 10.1 Å². The van der Waals surface area contributed by atoms with Crippen LogP contribution in [0.5, 0.6) is 5.75 Å². The minimum Gasteiger partial charge on any atom is -0.497 e. The number of nitrogens with one attached hydrogen (secondary N) is 1. The molecular weight excluding hydrogens is 202 g/mol. The van der Waals surface area contributed by atoms with E-state index in [9.17, 15) is 4.79 Å². The molecule has 0 saturated carbocycles. The van der Waals surface area contributed by atoms with Crippen LogP contribution in [-0.2, 0) is 4.79 Å². The third-order valence-electron chi connectivity index (χ3n) is 2.07. The van der Waals surface area contributed by atoms with Gasteiger partial charge in [0.2, 0.25) is 6.41 Å². The lowest BCUT2D eigenvalue weighted by Crippen LogP contribution is -2.08. The van der Waals surface area contributed by atoms with Crippen molar-refractivity contribution in [3.63, 3.8) is 0 Å². The van der Waals surface area contributed by atoms with Gasteiger partial charge in [-0.15, -0.1) is 0 Å². The molecule has 0 bridgehead atoms. The number of ether oxygens (including phenoxy) is 1. The van der Waals surface area contributed by atoms with Crippen molar-refractivity contribution >= 4 is 12.1 Å². The van der Waals surface area contributed by atoms with Crippen LogP contribution in [0, 0.1) is 0 Å². The van der Waals surface area contributed by atoms with E-state index in [0.29, 0.717) is 6.41 Å². The van der Waals surface area contributed by atoms with Crippen LogP contribution in [0.25, 0.3) is 5.70 Å². The fraction of sp³-hybridized carbons (Fsp3) is 0.154. The van der Waals surface area contributed by atoms with Gasteiger partial charge in [0.15, 0.2) is 0 Å². The van der Waals surface area contributed by atoms with Gasteiger partial charge in [-0.1, -0.05) is 12.2 Å². The summed E-state index contributed by atoms with van der Waals surface area (Å²) in [6.07, 6.45) is 6.28. The largest absolute Gasteiger partial charge is 0.497 e. The zero-order valence-electron chi connectivity index (χ0n) is 9.44. The van der Waals surface area contributed by atoms with Gasteiger partial charge in [-0.05, 0) is 42.8 Å². The monoisotopic (exact) mass is 217 g/mol. The summed E-state index contributed by atoms with van der Waals surface area (Å²) in [6.45, 7) is 1.92. The maximum atomic E-state index is 10.5. The normalized spacial score (nSPS) is 11.5. The summed E-state index contributed by atoms with van der Waals surface area (Å²) in [6, 6.07) is 7.49. The Bertz CT molecular complexity index is 391. The highest BCUT2D eigenvalue weighted by atomic mass is 16.5. The van der Waals surface area contributed by atoms with E-state index in [1.54, 1.807) is 7.11 Å². The van der Waals surface area contributed by atoms with Gasteiger partial charge in [0.05, 0.1) is 7.11 Å². The molecule has 3 nitrogen and oxygen atoms in total. The molecule has 0 aliphatic carbocycles. The highest BCUT2D eigenvalue weighted by Gasteiger charge is 1.99. The van der Waals surface area contributed by atoms with Crippen LogP contribution >= 0.6 is 0 Å². The molecule has 84 valence electrons. The van der Waals surface area contributed by atoms with E-state index in [0.717, 1.165) is 17.0 Å². The van der Waals surface area contributed by atoms with Gasteiger partial charge in [-0.3, -0.25) is 4.79 Å². The van der Waals surface area contributed by atoms with Crippen molar-refractivity contribution < 1.29 is 9.53 Å². The first-order valence-corrected chi connectivity index (χ1v) is 4.99. The van der Waals surface area contributed by atoms with E-state index in [-0.39, 0.29) is 0 Å². The van der Waals surface area contributed by atoms with E-state index in [2.05, 4.69) is 5.32 Å². The molecule has 0 unspecified atom stereocenters. The Hall–Kier alpha value is -2.03. The summed E-state index contributed by atoms with van der Waals surface area (Å²) in [4.78, 5) is 10.5. The number of carbonyl (C=O) groups is 1. The predicted octanol–water partition coefficient (Wildman–Crippen LogP) is 2.36. The van der Waals surface area contributed by atoms with Crippen LogP contribution in [-0.4, -0.2) is 13.5 Å². The Morgan fingerprint density at radius 3 is 2.50 bits per heavy atom. The third-order valence-corrected chi connectivity index (χ3v) is 2.07. The molecular formula is C13H15NO2. The molecule has 0 aliphatic rings. The maximum Gasteiger partial charge on any atom is 0.211 e. The van der Waals surface area contributed by atoms with Gasteiger partial charge in [-0.2, -0.15) is 0 Å². The molecule has 0 spiro atoms. The SMILES string of the molecule is C/C=C\C=C(/NC=O)c1ccc(OC)cc1. The highest BCUT2D eigenvalue weighted by molar-refractivity contribution is 5.74. The molecule has 1 amide bonds. The molecule has 0 aliphatic heterocycles. The standard InChI is InChI=1S/C13H15NO2/c1-3-4-5-13(14-10-15)11-6-8-12(16-2)9-7-11/h3-10H,1-2H3,(H,14,15)/b4-3-,13-5-. The summed E-state index contributed by atoms with van der Waals surface area (Å²) in [5.41, 5.74) is 1.70. The quantitative estimate of drug-likeness (QED) is 0.607. The number of allylic oxidation sites excluding steroid dienone is 3. The van der Waals surface area contributed by atoms with E-state index < -0.39 is 0 Å². The van der Waals surface area contributed by atoms with Crippen molar-refractivity contribution in [1.82, 2.24) is 5.32 Å². The van der Waals surface area contributed by atoms with Crippen molar-refractivity contribution in [3.8, 4) is 5.75 Å². The Balaban J connectivity index is 2.96. The molecule has 0 fully saturated rings. The lowest BCUT2D eigenvalue weighted by atomic mass is 10.1. The predicted molar refractivity (Wildman–Crippen MR) is 65.0 cm³/mol. The fourth-order valence-electron chi connectivity index (χ4n) is 1.25. The van der Waals surface area contributed by atoms with Crippen molar-refractivity contribution in [1.29, 1.82) is 0 Å². The fourth-order valence-corrected chi connectivity index (χ4v) is 1.25. The molecule has 1 N–H and O–H groups in total. The molecule has 3 heteroatoms. The van der Waals surface area contributed by atoms with Crippen molar-refractivity contribution in [2.24, 2.45) is 0 Å². The maximum absolute atomic E-state index is 10.5. The molecule has 1 aromatic carbocycles. The van der Waals surface area contributed by atoms with E-state index >= 15 is 0 Å². The Morgan fingerprint density at radius 2 is 2.00 bits per heavy atom. The number of amides is 1. The van der Waals surface area contributed by atoms with Gasteiger partial charge >= 0.3 is 0 Å². The Labute approximate surface area is 95.4 Å². The second kappa shape index (κ2) is 6.45. The summed E-state index contributed by atoms with van der Waals surface area (Å²) in [7, 11) is 1.62. The van der Waals surface area contributed by atoms with Crippen LogP contribution in [0.1, 0.15) is 12.5 Å². The average molecular weight is 217 g/mol. The van der Waals surface area contributed by atoms with Gasteiger partial charge in [0.1, 0.15) is 5.75 Å². The number of hydrogen-bond donors (Lipinski definition) is 1. The van der Waals surface area contributed by atoms with Crippen LogP contribution in [0.2, 0.25) is 0 Å². The molecule has 0 atom stereocenters. The van der Waals surface area contributed by atoms with Crippen molar-refractivity contribution in [2.45, 2.75) is 6.92 Å². The van der Waals surface area contributed by atoms with Crippen LogP contribution in [0.4, 0.5) is 0 Å². The lowest BCUT2D eigenvalue weighted by molar-refractivity contribution is -0.108. The number of benzene rings is 1. The zero-order chi connectivity index (χ0) is 11.8. The Kier molecular flexibility index (Phi) is 4.86. The third kappa shape index (κ3) is 3.28. The van der Waals surface area contributed by atoms with Crippen LogP contribution in [0.15, 0.2) is 42.5 Å². The van der Waals surface area contributed by atoms with Crippen LogP contribution in [0.3, 0.4) is 0 Å². The number of methoxy groups -OCH3 is 1. The van der Waals surface area contributed by atoms with Gasteiger partial charge in [0.25, 0.3) is 0 Å².